The van der Waals surface area contributed by atoms with Crippen LogP contribution in [0.1, 0.15) is 19.8 Å². The van der Waals surface area contributed by atoms with Gasteiger partial charge in [-0.05, 0) is 26.3 Å². The first-order valence-electron chi connectivity index (χ1n) is 4.24. The summed E-state index contributed by atoms with van der Waals surface area (Å²) in [6, 6.07) is 0. The average molecular weight is 205 g/mol. The molecule has 0 aliphatic carbocycles. The summed E-state index contributed by atoms with van der Waals surface area (Å²) >= 11 is 5.26. The summed E-state index contributed by atoms with van der Waals surface area (Å²) in [5.74, 6) is -0.904. The molecule has 1 fully saturated rings. The number of nitrogens with one attached hydrogen (secondary N) is 2. The van der Waals surface area contributed by atoms with E-state index in [1.54, 1.807) is 6.92 Å². The van der Waals surface area contributed by atoms with E-state index in [0.717, 1.165) is 19.4 Å². The fraction of sp³-hybridized carbons (Fsp3) is 0.750. The molecule has 1 aliphatic rings. The maximum Gasteiger partial charge on any atom is 0.246 e. The van der Waals surface area contributed by atoms with Crippen molar-refractivity contribution in [3.8, 4) is 0 Å². The molecular weight excluding hydrogens is 192 g/mol. The highest BCUT2D eigenvalue weighted by molar-refractivity contribution is 6.28. The lowest BCUT2D eigenvalue weighted by Crippen LogP contribution is -2.52. The zero-order chi connectivity index (χ0) is 9.90. The molecule has 0 aromatic heterocycles. The van der Waals surface area contributed by atoms with Gasteiger partial charge in [-0.15, -0.1) is 11.6 Å². The summed E-state index contributed by atoms with van der Waals surface area (Å²) < 4.78 is 0. The molecule has 0 saturated carbocycles. The number of hydrogen-bond donors (Lipinski definition) is 2. The van der Waals surface area contributed by atoms with E-state index in [1.165, 1.54) is 0 Å². The van der Waals surface area contributed by atoms with Crippen LogP contribution in [0.25, 0.3) is 0 Å². The van der Waals surface area contributed by atoms with Crippen molar-refractivity contribution >= 4 is 23.4 Å². The maximum atomic E-state index is 11.5. The Morgan fingerprint density at radius 1 is 1.62 bits per heavy atom. The number of imide groups is 1. The van der Waals surface area contributed by atoms with E-state index < -0.39 is 11.4 Å². The Kier molecular flexibility index (Phi) is 3.27. The summed E-state index contributed by atoms with van der Waals surface area (Å²) in [4.78, 5) is 22.3. The summed E-state index contributed by atoms with van der Waals surface area (Å²) in [6.07, 6.45) is 1.72. The predicted molar refractivity (Wildman–Crippen MR) is 49.5 cm³/mol. The Morgan fingerprint density at radius 3 is 2.77 bits per heavy atom. The Balaban J connectivity index is 2.51. The highest BCUT2D eigenvalue weighted by Crippen LogP contribution is 2.18. The van der Waals surface area contributed by atoms with Gasteiger partial charge in [-0.25, -0.2) is 0 Å². The van der Waals surface area contributed by atoms with E-state index in [9.17, 15) is 9.59 Å². The summed E-state index contributed by atoms with van der Waals surface area (Å²) in [6.45, 7) is 2.61. The Morgan fingerprint density at radius 2 is 2.31 bits per heavy atom. The van der Waals surface area contributed by atoms with Crippen LogP contribution < -0.4 is 10.6 Å². The second-order valence-electron chi connectivity index (χ2n) is 3.37. The summed E-state index contributed by atoms with van der Waals surface area (Å²) in [5, 5.41) is 5.29. The van der Waals surface area contributed by atoms with E-state index in [-0.39, 0.29) is 11.8 Å². The normalized spacial score (nSPS) is 27.2. The molecule has 13 heavy (non-hydrogen) atoms. The third-order valence-corrected chi connectivity index (χ3v) is 2.49. The minimum atomic E-state index is -0.596. The van der Waals surface area contributed by atoms with Crippen molar-refractivity contribution in [1.29, 1.82) is 0 Å². The zero-order valence-electron chi connectivity index (χ0n) is 7.52. The zero-order valence-corrected chi connectivity index (χ0v) is 8.28. The number of carbonyl (C=O) groups excluding carboxylic acids is 2. The van der Waals surface area contributed by atoms with Gasteiger partial charge in [-0.1, -0.05) is 0 Å². The number of halogens is 1. The van der Waals surface area contributed by atoms with Crippen molar-refractivity contribution in [2.75, 3.05) is 12.4 Å². The van der Waals surface area contributed by atoms with Gasteiger partial charge in [-0.2, -0.15) is 0 Å². The molecule has 1 heterocycles. The molecule has 0 spiro atoms. The first-order chi connectivity index (χ1) is 6.08. The van der Waals surface area contributed by atoms with E-state index in [4.69, 9.17) is 11.6 Å². The molecule has 2 N–H and O–H groups in total. The van der Waals surface area contributed by atoms with Crippen LogP contribution >= 0.6 is 11.6 Å². The first-order valence-corrected chi connectivity index (χ1v) is 4.77. The molecule has 0 aromatic rings. The summed E-state index contributed by atoms with van der Waals surface area (Å²) in [7, 11) is 0. The van der Waals surface area contributed by atoms with Crippen LogP contribution in [0.4, 0.5) is 0 Å². The SMILES string of the molecule is C[C@]1(C(=O)NC(=O)CCl)CCCN1. The molecule has 1 atom stereocenters. The van der Waals surface area contributed by atoms with Crippen LogP contribution in [0.2, 0.25) is 0 Å². The lowest BCUT2D eigenvalue weighted by molar-refractivity contribution is -0.132. The van der Waals surface area contributed by atoms with E-state index in [1.807, 2.05) is 0 Å². The van der Waals surface area contributed by atoms with Crippen LogP contribution in [0, 0.1) is 0 Å². The molecule has 74 valence electrons. The predicted octanol–water partition coefficient (Wildman–Crippen LogP) is 0.0101. The molecule has 5 heteroatoms. The molecule has 0 unspecified atom stereocenters. The van der Waals surface area contributed by atoms with Crippen molar-refractivity contribution in [3.05, 3.63) is 0 Å². The minimum absolute atomic E-state index is 0.179. The van der Waals surface area contributed by atoms with Crippen LogP contribution in [-0.2, 0) is 9.59 Å². The quantitative estimate of drug-likeness (QED) is 0.623. The number of carbonyl (C=O) groups is 2. The molecule has 1 saturated heterocycles. The van der Waals surface area contributed by atoms with Gasteiger partial charge in [-0.3, -0.25) is 14.9 Å². The van der Waals surface area contributed by atoms with E-state index in [0.29, 0.717) is 0 Å². The van der Waals surface area contributed by atoms with Crippen LogP contribution in [0.3, 0.4) is 0 Å². The molecule has 1 aliphatic heterocycles. The number of amides is 2. The molecular formula is C8H13ClN2O2. The van der Waals surface area contributed by atoms with Gasteiger partial charge in [0.15, 0.2) is 0 Å². The Bertz CT molecular complexity index is 224. The highest BCUT2D eigenvalue weighted by Gasteiger charge is 2.36. The topological polar surface area (TPSA) is 58.2 Å². The molecule has 4 nitrogen and oxygen atoms in total. The molecule has 0 radical (unpaired) electrons. The smallest absolute Gasteiger partial charge is 0.246 e. The Hall–Kier alpha value is -0.610. The van der Waals surface area contributed by atoms with Crippen molar-refractivity contribution in [2.24, 2.45) is 0 Å². The molecule has 2 amide bonds. The highest BCUT2D eigenvalue weighted by atomic mass is 35.5. The van der Waals surface area contributed by atoms with Gasteiger partial charge in [0, 0.05) is 0 Å². The fourth-order valence-electron chi connectivity index (χ4n) is 1.39. The number of hydrogen-bond acceptors (Lipinski definition) is 3. The first kappa shape index (κ1) is 10.5. The van der Waals surface area contributed by atoms with E-state index in [2.05, 4.69) is 10.6 Å². The van der Waals surface area contributed by atoms with Gasteiger partial charge >= 0.3 is 0 Å². The molecule has 0 aromatic carbocycles. The number of rotatable bonds is 2. The van der Waals surface area contributed by atoms with Gasteiger partial charge in [0.25, 0.3) is 0 Å². The van der Waals surface area contributed by atoms with Crippen LogP contribution in [0.5, 0.6) is 0 Å². The fourth-order valence-corrected chi connectivity index (χ4v) is 1.45. The Labute approximate surface area is 82.0 Å². The van der Waals surface area contributed by atoms with Gasteiger partial charge in [0.1, 0.15) is 5.88 Å². The van der Waals surface area contributed by atoms with Crippen LogP contribution in [0.15, 0.2) is 0 Å². The largest absolute Gasteiger partial charge is 0.304 e. The van der Waals surface area contributed by atoms with E-state index >= 15 is 0 Å². The monoisotopic (exact) mass is 204 g/mol. The van der Waals surface area contributed by atoms with Crippen molar-refractivity contribution < 1.29 is 9.59 Å². The summed E-state index contributed by atoms with van der Waals surface area (Å²) in [5.41, 5.74) is -0.596. The molecule has 1 rings (SSSR count). The second kappa shape index (κ2) is 4.07. The molecule has 0 bridgehead atoms. The third-order valence-electron chi connectivity index (χ3n) is 2.24. The number of alkyl halides is 1. The van der Waals surface area contributed by atoms with Gasteiger partial charge in [0.05, 0.1) is 5.54 Å². The lowest BCUT2D eigenvalue weighted by Gasteiger charge is -2.21. The maximum absolute atomic E-state index is 11.5. The van der Waals surface area contributed by atoms with Gasteiger partial charge in [0.2, 0.25) is 11.8 Å². The third kappa shape index (κ3) is 2.42. The average Bonchev–Trinajstić information content (AvgIpc) is 2.53. The van der Waals surface area contributed by atoms with Crippen molar-refractivity contribution in [1.82, 2.24) is 10.6 Å². The van der Waals surface area contributed by atoms with Crippen molar-refractivity contribution in [3.63, 3.8) is 0 Å². The van der Waals surface area contributed by atoms with Crippen molar-refractivity contribution in [2.45, 2.75) is 25.3 Å². The van der Waals surface area contributed by atoms with Gasteiger partial charge < -0.3 is 5.32 Å². The lowest BCUT2D eigenvalue weighted by atomic mass is 9.99. The standard InChI is InChI=1S/C8H13ClN2O2/c1-8(3-2-4-10-8)7(13)11-6(12)5-9/h10H,2-5H2,1H3,(H,11,12,13)/t8-/m1/s1. The van der Waals surface area contributed by atoms with Crippen LogP contribution in [-0.4, -0.2) is 29.8 Å². The minimum Gasteiger partial charge on any atom is -0.304 e. The second-order valence-corrected chi connectivity index (χ2v) is 3.64.